The minimum Gasteiger partial charge on any atom is -0.299 e. The van der Waals surface area contributed by atoms with Crippen LogP contribution in [0.5, 0.6) is 0 Å². The van der Waals surface area contributed by atoms with Crippen LogP contribution in [0.1, 0.15) is 33.6 Å². The summed E-state index contributed by atoms with van der Waals surface area (Å²) in [7, 11) is 0. The van der Waals surface area contributed by atoms with E-state index in [0.717, 1.165) is 4.43 Å². The van der Waals surface area contributed by atoms with Crippen molar-refractivity contribution in [3.63, 3.8) is 0 Å². The van der Waals surface area contributed by atoms with Gasteiger partial charge in [-0.05, 0) is 19.3 Å². The maximum Gasteiger partial charge on any atom is 0.146 e. The van der Waals surface area contributed by atoms with Crippen LogP contribution in [0.3, 0.4) is 0 Å². The number of ketones is 2. The van der Waals surface area contributed by atoms with Crippen LogP contribution in [0.2, 0.25) is 0 Å². The second-order valence-electron chi connectivity index (χ2n) is 4.77. The van der Waals surface area contributed by atoms with Gasteiger partial charge in [-0.25, -0.2) is 0 Å². The molecule has 0 aromatic carbocycles. The third kappa shape index (κ3) is 1.95. The van der Waals surface area contributed by atoms with Gasteiger partial charge < -0.3 is 0 Å². The Morgan fingerprint density at radius 1 is 1.15 bits per heavy atom. The van der Waals surface area contributed by atoms with Crippen molar-refractivity contribution >= 4 is 34.2 Å². The molecule has 1 saturated carbocycles. The summed E-state index contributed by atoms with van der Waals surface area (Å²) in [6.07, 6.45) is 1.10. The van der Waals surface area contributed by atoms with Crippen LogP contribution in [-0.4, -0.2) is 16.0 Å². The fourth-order valence-electron chi connectivity index (χ4n) is 1.53. The Kier molecular flexibility index (Phi) is 2.86. The monoisotopic (exact) mass is 294 g/mol. The molecule has 0 aromatic heterocycles. The van der Waals surface area contributed by atoms with Gasteiger partial charge in [0.1, 0.15) is 11.6 Å². The lowest BCUT2D eigenvalue weighted by Crippen LogP contribution is -2.45. The van der Waals surface area contributed by atoms with Gasteiger partial charge in [0, 0.05) is 17.3 Å². The Morgan fingerprint density at radius 2 is 1.54 bits per heavy atom. The Bertz CT molecular complexity index is 236. The van der Waals surface area contributed by atoms with Crippen molar-refractivity contribution < 1.29 is 9.59 Å². The third-order valence-corrected chi connectivity index (χ3v) is 4.73. The summed E-state index contributed by atoms with van der Waals surface area (Å²) >= 11 is 2.25. The van der Waals surface area contributed by atoms with E-state index in [2.05, 4.69) is 22.6 Å². The first-order valence-electron chi connectivity index (χ1n) is 4.44. The number of hydrogen-bond donors (Lipinski definition) is 0. The fourth-order valence-corrected chi connectivity index (χ4v) is 2.07. The second kappa shape index (κ2) is 3.33. The zero-order chi connectivity index (χ0) is 10.3. The molecule has 0 amide bonds. The van der Waals surface area contributed by atoms with Gasteiger partial charge in [-0.2, -0.15) is 0 Å². The largest absolute Gasteiger partial charge is 0.299 e. The van der Waals surface area contributed by atoms with Crippen molar-refractivity contribution in [3.05, 3.63) is 0 Å². The highest BCUT2D eigenvalue weighted by molar-refractivity contribution is 14.1. The summed E-state index contributed by atoms with van der Waals surface area (Å²) in [6.45, 7) is 5.50. The minimum atomic E-state index is -0.731. The quantitative estimate of drug-likeness (QED) is 0.423. The first-order valence-corrected chi connectivity index (χ1v) is 5.97. The predicted molar refractivity (Wildman–Crippen MR) is 60.0 cm³/mol. The predicted octanol–water partition coefficient (Wildman–Crippen LogP) is 2.39. The molecule has 0 bridgehead atoms. The molecule has 1 fully saturated rings. The minimum absolute atomic E-state index is 0.0930. The average Bonchev–Trinajstić information content (AvgIpc) is 2.01. The molecule has 2 nitrogen and oxygen atoms in total. The van der Waals surface area contributed by atoms with E-state index >= 15 is 0 Å². The molecule has 3 heteroatoms. The topological polar surface area (TPSA) is 34.1 Å². The Balaban J connectivity index is 2.92. The highest BCUT2D eigenvalue weighted by Gasteiger charge is 2.46. The Morgan fingerprint density at radius 3 is 1.85 bits per heavy atom. The van der Waals surface area contributed by atoms with Crippen molar-refractivity contribution in [2.75, 3.05) is 4.43 Å². The highest BCUT2D eigenvalue weighted by atomic mass is 127. The maximum atomic E-state index is 11.7. The van der Waals surface area contributed by atoms with Crippen LogP contribution in [0.25, 0.3) is 0 Å². The summed E-state index contributed by atoms with van der Waals surface area (Å²) in [4.78, 5) is 23.4. The van der Waals surface area contributed by atoms with Crippen LogP contribution in [0.4, 0.5) is 0 Å². The lowest BCUT2D eigenvalue weighted by molar-refractivity contribution is -0.145. The summed E-state index contributed by atoms with van der Waals surface area (Å²) in [5, 5.41) is 0. The summed E-state index contributed by atoms with van der Waals surface area (Å²) in [5.74, 6) is 0.200. The molecule has 13 heavy (non-hydrogen) atoms. The van der Waals surface area contributed by atoms with Crippen molar-refractivity contribution in [3.8, 4) is 0 Å². The van der Waals surface area contributed by atoms with Crippen LogP contribution < -0.4 is 0 Å². The molecule has 0 N–H and O–H groups in total. The number of carbonyl (C=O) groups is 2. The van der Waals surface area contributed by atoms with Gasteiger partial charge in [0.05, 0.1) is 5.41 Å². The van der Waals surface area contributed by atoms with Crippen LogP contribution in [0, 0.1) is 10.8 Å². The summed E-state index contributed by atoms with van der Waals surface area (Å²) in [6, 6.07) is 0. The molecule has 0 saturated heterocycles. The lowest BCUT2D eigenvalue weighted by atomic mass is 9.65. The molecule has 0 unspecified atom stereocenters. The van der Waals surface area contributed by atoms with Gasteiger partial charge in [0.25, 0.3) is 0 Å². The number of halogens is 1. The molecule has 0 heterocycles. The van der Waals surface area contributed by atoms with Gasteiger partial charge in [-0.1, -0.05) is 29.5 Å². The number of alkyl halides is 1. The molecule has 74 valence electrons. The molecule has 0 atom stereocenters. The summed E-state index contributed by atoms with van der Waals surface area (Å²) in [5.41, 5.74) is -0.824. The SMILES string of the molecule is CC1(CI)CC(=O)C(C)(C)C(=O)C1. The van der Waals surface area contributed by atoms with Gasteiger partial charge >= 0.3 is 0 Å². The van der Waals surface area contributed by atoms with E-state index in [9.17, 15) is 9.59 Å². The Labute approximate surface area is 92.6 Å². The molecule has 0 spiro atoms. The zero-order valence-corrected chi connectivity index (χ0v) is 10.5. The van der Waals surface area contributed by atoms with Gasteiger partial charge in [-0.15, -0.1) is 0 Å². The second-order valence-corrected chi connectivity index (χ2v) is 5.53. The first kappa shape index (κ1) is 11.1. The number of carbonyl (C=O) groups excluding carboxylic acids is 2. The Hall–Kier alpha value is 0.0700. The van der Waals surface area contributed by atoms with E-state index in [1.54, 1.807) is 13.8 Å². The fraction of sp³-hybridized carbons (Fsp3) is 0.800. The molecule has 1 rings (SSSR count). The first-order chi connectivity index (χ1) is 5.82. The van der Waals surface area contributed by atoms with E-state index in [1.807, 2.05) is 6.92 Å². The van der Waals surface area contributed by atoms with Crippen molar-refractivity contribution in [1.82, 2.24) is 0 Å². The normalized spacial score (nSPS) is 26.2. The van der Waals surface area contributed by atoms with Gasteiger partial charge in [0.2, 0.25) is 0 Å². The lowest BCUT2D eigenvalue weighted by Gasteiger charge is -2.37. The van der Waals surface area contributed by atoms with Crippen molar-refractivity contribution in [1.29, 1.82) is 0 Å². The van der Waals surface area contributed by atoms with Crippen LogP contribution in [0.15, 0.2) is 0 Å². The summed E-state index contributed by atoms with van der Waals surface area (Å²) < 4.78 is 0.873. The average molecular weight is 294 g/mol. The van der Waals surface area contributed by atoms with E-state index < -0.39 is 5.41 Å². The number of rotatable bonds is 1. The van der Waals surface area contributed by atoms with Crippen molar-refractivity contribution in [2.45, 2.75) is 33.6 Å². The zero-order valence-electron chi connectivity index (χ0n) is 8.32. The molecule has 0 aliphatic heterocycles. The molecule has 0 radical (unpaired) electrons. The van der Waals surface area contributed by atoms with E-state index in [4.69, 9.17) is 0 Å². The van der Waals surface area contributed by atoms with Gasteiger partial charge in [0.15, 0.2) is 0 Å². The highest BCUT2D eigenvalue weighted by Crippen LogP contribution is 2.41. The van der Waals surface area contributed by atoms with Crippen LogP contribution >= 0.6 is 22.6 Å². The standard InChI is InChI=1S/C10H15IO2/c1-9(2)7(12)4-10(3,6-11)5-8(9)13/h4-6H2,1-3H3. The maximum absolute atomic E-state index is 11.7. The van der Waals surface area contributed by atoms with E-state index in [1.165, 1.54) is 0 Å². The van der Waals surface area contributed by atoms with E-state index in [0.29, 0.717) is 12.8 Å². The van der Waals surface area contributed by atoms with Crippen molar-refractivity contribution in [2.24, 2.45) is 10.8 Å². The molecule has 1 aliphatic carbocycles. The van der Waals surface area contributed by atoms with Gasteiger partial charge in [-0.3, -0.25) is 9.59 Å². The molecule has 1 aliphatic rings. The number of Topliss-reactive ketones (excluding diaryl/α,β-unsaturated/α-hetero) is 2. The van der Waals surface area contributed by atoms with Crippen LogP contribution in [-0.2, 0) is 9.59 Å². The molecule has 0 aromatic rings. The smallest absolute Gasteiger partial charge is 0.146 e. The third-order valence-electron chi connectivity index (χ3n) is 2.89. The number of hydrogen-bond acceptors (Lipinski definition) is 2. The molecular weight excluding hydrogens is 279 g/mol. The van der Waals surface area contributed by atoms with E-state index in [-0.39, 0.29) is 17.0 Å². The molecular formula is C10H15IO2.